The zero-order valence-corrected chi connectivity index (χ0v) is 14.4. The molecule has 0 radical (unpaired) electrons. The topological polar surface area (TPSA) is 103 Å². The summed E-state index contributed by atoms with van der Waals surface area (Å²) in [7, 11) is -8.28. The average molecular weight is 315 g/mol. The van der Waals surface area contributed by atoms with Gasteiger partial charge < -0.3 is 9.87 Å². The standard InChI is InChI=1S/C10H15NO5S2.Na/c1-2-11-9-4-3-5-10(8-9)17(12,13)6-7-18(14,15)16;/h3-5,8,11H,2,6-7H2,1H3,(H,14,15,16);/q;+1/p-1. The Balaban J connectivity index is 0.00000324. The molecule has 0 saturated heterocycles. The van der Waals surface area contributed by atoms with Crippen LogP contribution in [-0.4, -0.2) is 39.4 Å². The van der Waals surface area contributed by atoms with E-state index in [1.54, 1.807) is 12.1 Å². The monoisotopic (exact) mass is 315 g/mol. The fraction of sp³-hybridized carbons (Fsp3) is 0.400. The molecule has 0 aliphatic heterocycles. The number of hydrogen-bond acceptors (Lipinski definition) is 6. The summed E-state index contributed by atoms with van der Waals surface area (Å²) in [5, 5.41) is 2.95. The first kappa shape index (κ1) is 18.9. The Morgan fingerprint density at radius 1 is 1.16 bits per heavy atom. The van der Waals surface area contributed by atoms with Crippen LogP contribution in [0.3, 0.4) is 0 Å². The number of nitrogens with one attached hydrogen (secondary N) is 1. The van der Waals surface area contributed by atoms with Gasteiger partial charge in [-0.05, 0) is 25.1 Å². The van der Waals surface area contributed by atoms with Crippen LogP contribution in [0.4, 0.5) is 5.69 Å². The number of anilines is 1. The fourth-order valence-electron chi connectivity index (χ4n) is 1.33. The van der Waals surface area contributed by atoms with E-state index in [-0.39, 0.29) is 34.5 Å². The molecular weight excluding hydrogens is 301 g/mol. The van der Waals surface area contributed by atoms with Crippen LogP contribution in [0.1, 0.15) is 6.92 Å². The average Bonchev–Trinajstić information content (AvgIpc) is 2.27. The Morgan fingerprint density at radius 3 is 2.32 bits per heavy atom. The number of hydrogen-bond donors (Lipinski definition) is 1. The van der Waals surface area contributed by atoms with Gasteiger partial charge in [0.15, 0.2) is 9.84 Å². The normalized spacial score (nSPS) is 11.7. The van der Waals surface area contributed by atoms with E-state index in [0.717, 1.165) is 0 Å². The van der Waals surface area contributed by atoms with Crippen LogP contribution < -0.4 is 34.9 Å². The van der Waals surface area contributed by atoms with Crippen LogP contribution in [0.2, 0.25) is 0 Å². The van der Waals surface area contributed by atoms with Gasteiger partial charge in [-0.15, -0.1) is 0 Å². The van der Waals surface area contributed by atoms with Crippen molar-refractivity contribution < 1.29 is 50.9 Å². The predicted molar refractivity (Wildman–Crippen MR) is 67.2 cm³/mol. The van der Waals surface area contributed by atoms with Gasteiger partial charge in [-0.3, -0.25) is 0 Å². The quantitative estimate of drug-likeness (QED) is 0.458. The third kappa shape index (κ3) is 6.73. The van der Waals surface area contributed by atoms with Gasteiger partial charge in [-0.2, -0.15) is 0 Å². The molecule has 0 aliphatic rings. The second-order valence-electron chi connectivity index (χ2n) is 3.64. The summed E-state index contributed by atoms with van der Waals surface area (Å²) in [6.45, 7) is 2.50. The minimum atomic E-state index is -4.53. The maximum atomic E-state index is 11.8. The Kier molecular flexibility index (Phi) is 7.56. The van der Waals surface area contributed by atoms with E-state index >= 15 is 0 Å². The largest absolute Gasteiger partial charge is 1.00 e. The number of benzene rings is 1. The third-order valence-corrected chi connectivity index (χ3v) is 4.85. The third-order valence-electron chi connectivity index (χ3n) is 2.18. The van der Waals surface area contributed by atoms with Gasteiger partial charge in [0.05, 0.1) is 26.5 Å². The summed E-state index contributed by atoms with van der Waals surface area (Å²) in [6.07, 6.45) is 0. The van der Waals surface area contributed by atoms with Crippen molar-refractivity contribution in [3.63, 3.8) is 0 Å². The molecule has 102 valence electrons. The molecule has 1 aromatic rings. The zero-order chi connectivity index (χ0) is 13.8. The molecule has 0 aliphatic carbocycles. The van der Waals surface area contributed by atoms with Gasteiger partial charge in [-0.1, -0.05) is 6.07 Å². The maximum absolute atomic E-state index is 11.8. The molecule has 0 unspecified atom stereocenters. The SMILES string of the molecule is CCNc1cccc(S(=O)(=O)CCS(=O)(=O)[O-])c1.[Na+]. The van der Waals surface area contributed by atoms with E-state index in [4.69, 9.17) is 0 Å². The van der Waals surface area contributed by atoms with E-state index < -0.39 is 31.5 Å². The van der Waals surface area contributed by atoms with Crippen molar-refractivity contribution >= 4 is 25.6 Å². The van der Waals surface area contributed by atoms with Gasteiger partial charge in [0.25, 0.3) is 0 Å². The minimum absolute atomic E-state index is 0. The molecule has 9 heteroatoms. The molecule has 0 bridgehead atoms. The molecule has 1 rings (SSSR count). The van der Waals surface area contributed by atoms with Gasteiger partial charge in [0.1, 0.15) is 0 Å². The molecule has 0 spiro atoms. The van der Waals surface area contributed by atoms with Crippen molar-refractivity contribution in [1.29, 1.82) is 0 Å². The molecule has 0 atom stereocenters. The van der Waals surface area contributed by atoms with Gasteiger partial charge >= 0.3 is 29.6 Å². The molecule has 0 aromatic heterocycles. The Bertz CT molecular complexity index is 613. The molecule has 0 fully saturated rings. The van der Waals surface area contributed by atoms with Crippen LogP contribution in [0.25, 0.3) is 0 Å². The van der Waals surface area contributed by atoms with Crippen LogP contribution in [0, 0.1) is 0 Å². The molecule has 1 N–H and O–H groups in total. The van der Waals surface area contributed by atoms with Crippen molar-refractivity contribution in [2.24, 2.45) is 0 Å². The predicted octanol–water partition coefficient (Wildman–Crippen LogP) is -2.56. The summed E-state index contributed by atoms with van der Waals surface area (Å²) in [4.78, 5) is 0.00426. The first-order valence-electron chi connectivity index (χ1n) is 5.25. The second kappa shape index (κ2) is 7.61. The Labute approximate surface area is 135 Å². The van der Waals surface area contributed by atoms with Crippen molar-refractivity contribution in [2.75, 3.05) is 23.4 Å². The smallest absolute Gasteiger partial charge is 0.748 e. The second-order valence-corrected chi connectivity index (χ2v) is 7.27. The molecular formula is C10H14NNaO5S2. The van der Waals surface area contributed by atoms with E-state index in [0.29, 0.717) is 12.2 Å². The summed E-state index contributed by atoms with van der Waals surface area (Å²) in [5.41, 5.74) is 0.628. The fourth-order valence-corrected chi connectivity index (χ4v) is 3.86. The van der Waals surface area contributed by atoms with Gasteiger partial charge in [0.2, 0.25) is 0 Å². The van der Waals surface area contributed by atoms with Crippen molar-refractivity contribution in [3.05, 3.63) is 24.3 Å². The molecule has 1 aromatic carbocycles. The summed E-state index contributed by atoms with van der Waals surface area (Å²) >= 11 is 0. The summed E-state index contributed by atoms with van der Waals surface area (Å²) in [6, 6.07) is 6.04. The van der Waals surface area contributed by atoms with Gasteiger partial charge in [0, 0.05) is 12.2 Å². The summed E-state index contributed by atoms with van der Waals surface area (Å²) < 4.78 is 54.9. The van der Waals surface area contributed by atoms with E-state index in [1.807, 2.05) is 6.92 Å². The van der Waals surface area contributed by atoms with Crippen LogP contribution in [0.5, 0.6) is 0 Å². The van der Waals surface area contributed by atoms with Crippen molar-refractivity contribution in [1.82, 2.24) is 0 Å². The molecule has 0 amide bonds. The van der Waals surface area contributed by atoms with E-state index in [1.165, 1.54) is 12.1 Å². The summed E-state index contributed by atoms with van der Waals surface area (Å²) in [5.74, 6) is -1.62. The Morgan fingerprint density at radius 2 is 1.79 bits per heavy atom. The van der Waals surface area contributed by atoms with Crippen molar-refractivity contribution in [2.45, 2.75) is 11.8 Å². The van der Waals surface area contributed by atoms with Crippen LogP contribution in [-0.2, 0) is 20.0 Å². The van der Waals surface area contributed by atoms with E-state index in [2.05, 4.69) is 5.32 Å². The van der Waals surface area contributed by atoms with Crippen LogP contribution in [0.15, 0.2) is 29.2 Å². The van der Waals surface area contributed by atoms with Crippen LogP contribution >= 0.6 is 0 Å². The molecule has 0 heterocycles. The molecule has 19 heavy (non-hydrogen) atoms. The maximum Gasteiger partial charge on any atom is 1.00 e. The van der Waals surface area contributed by atoms with Crippen molar-refractivity contribution in [3.8, 4) is 0 Å². The zero-order valence-electron chi connectivity index (χ0n) is 10.8. The molecule has 6 nitrogen and oxygen atoms in total. The molecule has 0 saturated carbocycles. The first-order chi connectivity index (χ1) is 8.24. The minimum Gasteiger partial charge on any atom is -0.748 e. The number of rotatable bonds is 6. The first-order valence-corrected chi connectivity index (χ1v) is 8.48. The Hall–Kier alpha value is -0.120. The van der Waals surface area contributed by atoms with Gasteiger partial charge in [-0.25, -0.2) is 16.8 Å². The number of sulfone groups is 1. The van der Waals surface area contributed by atoms with E-state index in [9.17, 15) is 21.4 Å².